The summed E-state index contributed by atoms with van der Waals surface area (Å²) in [6.07, 6.45) is 109. The maximum Gasteiger partial charge on any atom is 0.220 e. The second kappa shape index (κ2) is 71.1. The Kier molecular flexibility index (Phi) is 68.2. The molecule has 4 heteroatoms. The Labute approximate surface area is 505 Å². The summed E-state index contributed by atoms with van der Waals surface area (Å²) < 4.78 is 0. The summed E-state index contributed by atoms with van der Waals surface area (Å²) in [7, 11) is 0. The molecule has 0 aliphatic rings. The van der Waals surface area contributed by atoms with Crippen molar-refractivity contribution in [2.24, 2.45) is 0 Å². The number of allylic oxidation sites excluding steroid dienone is 19. The number of unbranched alkanes of at least 4 members (excludes halogenated alkanes) is 39. The Bertz CT molecular complexity index is 1560. The lowest BCUT2D eigenvalue weighted by molar-refractivity contribution is -0.123. The van der Waals surface area contributed by atoms with E-state index in [1.54, 1.807) is 6.08 Å². The lowest BCUT2D eigenvalue weighted by atomic mass is 10.0. The van der Waals surface area contributed by atoms with Gasteiger partial charge in [0.1, 0.15) is 0 Å². The molecular formula is C77H135NO3. The first kappa shape index (κ1) is 77.8. The van der Waals surface area contributed by atoms with Crippen LogP contribution < -0.4 is 5.32 Å². The van der Waals surface area contributed by atoms with Gasteiger partial charge in [-0.2, -0.15) is 0 Å². The van der Waals surface area contributed by atoms with E-state index < -0.39 is 12.1 Å². The second-order valence-corrected chi connectivity index (χ2v) is 23.6. The zero-order valence-corrected chi connectivity index (χ0v) is 53.8. The zero-order valence-electron chi connectivity index (χ0n) is 53.8. The monoisotopic (exact) mass is 1120 g/mol. The van der Waals surface area contributed by atoms with Crippen LogP contribution in [-0.4, -0.2) is 34.9 Å². The quantitative estimate of drug-likeness (QED) is 0.0420. The van der Waals surface area contributed by atoms with Gasteiger partial charge < -0.3 is 15.5 Å². The normalized spacial score (nSPS) is 13.5. The molecule has 0 aromatic rings. The smallest absolute Gasteiger partial charge is 0.220 e. The van der Waals surface area contributed by atoms with Crippen molar-refractivity contribution in [3.05, 3.63) is 122 Å². The van der Waals surface area contributed by atoms with Crippen molar-refractivity contribution in [3.63, 3.8) is 0 Å². The fourth-order valence-corrected chi connectivity index (χ4v) is 10.4. The largest absolute Gasteiger partial charge is 0.394 e. The molecule has 0 spiro atoms. The molecule has 0 aliphatic heterocycles. The van der Waals surface area contributed by atoms with Crippen molar-refractivity contribution in [3.8, 4) is 0 Å². The Morgan fingerprint density at radius 3 is 0.864 bits per heavy atom. The molecule has 0 bridgehead atoms. The standard InChI is InChI=1S/C77H135NO3/c1-3-5-7-9-11-13-15-17-19-21-23-25-27-29-31-33-35-36-37-38-39-40-41-42-43-45-47-49-51-53-55-57-59-61-63-65-67-69-71-73-77(81)78-75(74-79)76(80)72-70-68-66-64-62-60-58-56-54-52-50-48-46-44-34-32-30-28-26-24-22-20-18-16-14-12-10-8-6-4-2/h5,7,11,13,17,19,23,25,29,31,35-36,38-39,54,56,62,64,70,72,75-76,79-80H,3-4,6,8-10,12,14-16,18,20-22,24,26-28,30,32-34,37,40-53,55,57-61,63,65-69,71,73-74H2,1-2H3,(H,78,81)/b7-5-,13-11-,19-17-,25-23-,31-29-,36-35-,39-38-,56-54+,64-62+,72-70+. The first-order chi connectivity index (χ1) is 40.2. The van der Waals surface area contributed by atoms with Crippen LogP contribution >= 0.6 is 0 Å². The van der Waals surface area contributed by atoms with E-state index in [0.29, 0.717) is 6.42 Å². The summed E-state index contributed by atoms with van der Waals surface area (Å²) in [6.45, 7) is 4.20. The van der Waals surface area contributed by atoms with Crippen LogP contribution in [0.3, 0.4) is 0 Å². The summed E-state index contributed by atoms with van der Waals surface area (Å²) in [5.74, 6) is -0.0772. The molecule has 0 aliphatic carbocycles. The van der Waals surface area contributed by atoms with Crippen LogP contribution in [0.5, 0.6) is 0 Å². The Hall–Kier alpha value is -3.21. The van der Waals surface area contributed by atoms with Crippen LogP contribution in [0.25, 0.3) is 0 Å². The molecule has 466 valence electrons. The molecule has 1 amide bonds. The van der Waals surface area contributed by atoms with E-state index in [0.717, 1.165) is 83.5 Å². The lowest BCUT2D eigenvalue weighted by Gasteiger charge is -2.19. The molecule has 3 N–H and O–H groups in total. The SMILES string of the molecule is CC/C=C\C/C=C\C/C=C\C/C=C\C/C=C\C/C=C\C/C=C\CCCCCCCCCCCCCCCCCCCC(=O)NC(CO)C(O)/C=C/CC/C=C/CC/C=C/CCCCCCCCCCCCCCCCCCCCCC. The Morgan fingerprint density at radius 1 is 0.309 bits per heavy atom. The summed E-state index contributed by atoms with van der Waals surface area (Å²) in [4.78, 5) is 12.5. The maximum absolute atomic E-state index is 12.5. The summed E-state index contributed by atoms with van der Waals surface area (Å²) in [6, 6.07) is -0.653. The molecule has 0 aromatic carbocycles. The lowest BCUT2D eigenvalue weighted by Crippen LogP contribution is -2.45. The van der Waals surface area contributed by atoms with E-state index in [4.69, 9.17) is 0 Å². The van der Waals surface area contributed by atoms with Gasteiger partial charge in [-0.25, -0.2) is 0 Å². The van der Waals surface area contributed by atoms with Crippen molar-refractivity contribution in [2.75, 3.05) is 6.61 Å². The maximum atomic E-state index is 12.5. The van der Waals surface area contributed by atoms with Gasteiger partial charge in [-0.3, -0.25) is 4.79 Å². The minimum atomic E-state index is -0.878. The van der Waals surface area contributed by atoms with Crippen LogP contribution in [0.2, 0.25) is 0 Å². The summed E-state index contributed by atoms with van der Waals surface area (Å²) in [5.41, 5.74) is 0. The second-order valence-electron chi connectivity index (χ2n) is 23.6. The number of nitrogens with one attached hydrogen (secondary N) is 1. The molecule has 0 fully saturated rings. The highest BCUT2D eigenvalue weighted by Gasteiger charge is 2.18. The van der Waals surface area contributed by atoms with Gasteiger partial charge in [0.05, 0.1) is 18.8 Å². The van der Waals surface area contributed by atoms with Gasteiger partial charge in [-0.05, 0) is 103 Å². The van der Waals surface area contributed by atoms with Gasteiger partial charge in [0.2, 0.25) is 5.91 Å². The Morgan fingerprint density at radius 2 is 0.556 bits per heavy atom. The van der Waals surface area contributed by atoms with Gasteiger partial charge in [0.15, 0.2) is 0 Å². The van der Waals surface area contributed by atoms with Crippen molar-refractivity contribution in [1.82, 2.24) is 5.32 Å². The minimum absolute atomic E-state index is 0.0772. The van der Waals surface area contributed by atoms with E-state index in [2.05, 4.69) is 129 Å². The van der Waals surface area contributed by atoms with Crippen molar-refractivity contribution < 1.29 is 15.0 Å². The molecule has 4 nitrogen and oxygen atoms in total. The average molecular weight is 1120 g/mol. The topological polar surface area (TPSA) is 69.6 Å². The van der Waals surface area contributed by atoms with E-state index in [-0.39, 0.29) is 12.5 Å². The summed E-state index contributed by atoms with van der Waals surface area (Å²) in [5, 5.41) is 23.3. The van der Waals surface area contributed by atoms with Crippen LogP contribution in [0.1, 0.15) is 341 Å². The van der Waals surface area contributed by atoms with Gasteiger partial charge in [0, 0.05) is 6.42 Å². The highest BCUT2D eigenvalue weighted by atomic mass is 16.3. The van der Waals surface area contributed by atoms with E-state index in [1.807, 2.05) is 6.08 Å². The van der Waals surface area contributed by atoms with Crippen molar-refractivity contribution in [1.29, 1.82) is 0 Å². The van der Waals surface area contributed by atoms with Crippen LogP contribution in [0, 0.1) is 0 Å². The predicted molar refractivity (Wildman–Crippen MR) is 363 cm³/mol. The molecule has 0 saturated heterocycles. The highest BCUT2D eigenvalue weighted by molar-refractivity contribution is 5.76. The molecule has 81 heavy (non-hydrogen) atoms. The highest BCUT2D eigenvalue weighted by Crippen LogP contribution is 2.18. The first-order valence-corrected chi connectivity index (χ1v) is 35.2. The summed E-state index contributed by atoms with van der Waals surface area (Å²) >= 11 is 0. The molecule has 0 radical (unpaired) electrons. The van der Waals surface area contributed by atoms with Gasteiger partial charge >= 0.3 is 0 Å². The van der Waals surface area contributed by atoms with Gasteiger partial charge in [-0.1, -0.05) is 354 Å². The van der Waals surface area contributed by atoms with Gasteiger partial charge in [-0.15, -0.1) is 0 Å². The number of aliphatic hydroxyl groups is 2. The van der Waals surface area contributed by atoms with E-state index in [1.165, 1.54) is 238 Å². The molecule has 2 unspecified atom stereocenters. The number of hydrogen-bond donors (Lipinski definition) is 3. The third kappa shape index (κ3) is 67.5. The predicted octanol–water partition coefficient (Wildman–Crippen LogP) is 24.3. The number of amides is 1. The first-order valence-electron chi connectivity index (χ1n) is 35.2. The van der Waals surface area contributed by atoms with E-state index in [9.17, 15) is 15.0 Å². The molecule has 0 heterocycles. The van der Waals surface area contributed by atoms with Crippen LogP contribution in [0.15, 0.2) is 122 Å². The van der Waals surface area contributed by atoms with Crippen LogP contribution in [-0.2, 0) is 4.79 Å². The van der Waals surface area contributed by atoms with Crippen molar-refractivity contribution >= 4 is 5.91 Å². The molecule has 2 atom stereocenters. The molecule has 0 saturated carbocycles. The Balaban J connectivity index is 3.53. The third-order valence-corrected chi connectivity index (χ3v) is 15.7. The van der Waals surface area contributed by atoms with E-state index >= 15 is 0 Å². The average Bonchev–Trinajstić information content (AvgIpc) is 3.47. The number of carbonyl (C=O) groups excluding carboxylic acids is 1. The number of rotatable bonds is 64. The number of carbonyl (C=O) groups is 1. The fourth-order valence-electron chi connectivity index (χ4n) is 10.4. The van der Waals surface area contributed by atoms with Crippen molar-refractivity contribution in [2.45, 2.75) is 353 Å². The molecule has 0 aromatic heterocycles. The zero-order chi connectivity index (χ0) is 58.4. The number of aliphatic hydroxyl groups excluding tert-OH is 2. The minimum Gasteiger partial charge on any atom is -0.394 e. The fraction of sp³-hybridized carbons (Fsp3) is 0.727. The molecule has 0 rings (SSSR count). The van der Waals surface area contributed by atoms with Gasteiger partial charge in [0.25, 0.3) is 0 Å². The third-order valence-electron chi connectivity index (χ3n) is 15.7. The molecular weight excluding hydrogens is 987 g/mol. The number of hydrogen-bond acceptors (Lipinski definition) is 3. The van der Waals surface area contributed by atoms with Crippen LogP contribution in [0.4, 0.5) is 0 Å².